The SMILES string of the molecule is c1ccc2cc(P(c3ccc4ccc5ccccc5c4c3)c3ccc4c5ccccc5n5c6ccccc6nc5c4c3)ccc2c1. The van der Waals surface area contributed by atoms with Gasteiger partial charge < -0.3 is 0 Å². The number of aromatic nitrogens is 2. The molecule has 0 spiro atoms. The van der Waals surface area contributed by atoms with E-state index >= 15 is 0 Å². The quantitative estimate of drug-likeness (QED) is 0.145. The summed E-state index contributed by atoms with van der Waals surface area (Å²) in [4.78, 5) is 5.23. The fourth-order valence-corrected chi connectivity index (χ4v) is 9.68. The summed E-state index contributed by atoms with van der Waals surface area (Å²) in [6, 6.07) is 60.3. The molecule has 214 valence electrons. The molecule has 0 aliphatic heterocycles. The van der Waals surface area contributed by atoms with Gasteiger partial charge in [-0.1, -0.05) is 127 Å². The third kappa shape index (κ3) is 3.84. The summed E-state index contributed by atoms with van der Waals surface area (Å²) >= 11 is 0. The molecule has 2 aromatic heterocycles. The van der Waals surface area contributed by atoms with Gasteiger partial charge >= 0.3 is 0 Å². The van der Waals surface area contributed by atoms with Gasteiger partial charge in [0.1, 0.15) is 5.65 Å². The molecular weight excluding hydrogens is 575 g/mol. The topological polar surface area (TPSA) is 17.3 Å². The van der Waals surface area contributed by atoms with Crippen molar-refractivity contribution in [3.8, 4) is 0 Å². The third-order valence-electron chi connectivity index (χ3n) is 9.48. The summed E-state index contributed by atoms with van der Waals surface area (Å²) in [6.45, 7) is 0. The molecule has 0 fully saturated rings. The number of hydrogen-bond acceptors (Lipinski definition) is 1. The smallest absolute Gasteiger partial charge is 0.146 e. The van der Waals surface area contributed by atoms with Crippen LogP contribution in [-0.2, 0) is 0 Å². The average Bonchev–Trinajstić information content (AvgIpc) is 3.52. The van der Waals surface area contributed by atoms with Crippen molar-refractivity contribution in [1.29, 1.82) is 0 Å². The summed E-state index contributed by atoms with van der Waals surface area (Å²) in [5.74, 6) is 0. The zero-order valence-electron chi connectivity index (χ0n) is 24.9. The Balaban J connectivity index is 1.29. The van der Waals surface area contributed by atoms with E-state index in [9.17, 15) is 0 Å². The van der Waals surface area contributed by atoms with Gasteiger partial charge in [0, 0.05) is 10.8 Å². The van der Waals surface area contributed by atoms with Crippen LogP contribution in [-0.4, -0.2) is 9.38 Å². The van der Waals surface area contributed by atoms with Crippen molar-refractivity contribution in [2.75, 3.05) is 0 Å². The minimum absolute atomic E-state index is 0.880. The molecule has 0 saturated carbocycles. The average molecular weight is 603 g/mol. The van der Waals surface area contributed by atoms with Crippen LogP contribution in [0.1, 0.15) is 0 Å². The summed E-state index contributed by atoms with van der Waals surface area (Å²) in [7, 11) is -0.880. The molecule has 0 amide bonds. The third-order valence-corrected chi connectivity index (χ3v) is 11.9. The van der Waals surface area contributed by atoms with Crippen molar-refractivity contribution < 1.29 is 0 Å². The molecule has 46 heavy (non-hydrogen) atoms. The van der Waals surface area contributed by atoms with Crippen molar-refractivity contribution in [2.24, 2.45) is 0 Å². The first-order chi connectivity index (χ1) is 22.8. The molecule has 10 rings (SSSR count). The lowest BCUT2D eigenvalue weighted by Gasteiger charge is -2.22. The lowest BCUT2D eigenvalue weighted by molar-refractivity contribution is 1.32. The van der Waals surface area contributed by atoms with Crippen molar-refractivity contribution in [2.45, 2.75) is 0 Å². The highest BCUT2D eigenvalue weighted by Crippen LogP contribution is 2.39. The highest BCUT2D eigenvalue weighted by Gasteiger charge is 2.21. The maximum absolute atomic E-state index is 5.23. The van der Waals surface area contributed by atoms with E-state index in [1.807, 2.05) is 0 Å². The Hall–Kier alpha value is -5.56. The van der Waals surface area contributed by atoms with E-state index in [4.69, 9.17) is 4.98 Å². The first-order valence-corrected chi connectivity index (χ1v) is 17.1. The van der Waals surface area contributed by atoms with E-state index < -0.39 is 7.92 Å². The molecule has 2 heterocycles. The van der Waals surface area contributed by atoms with Crippen molar-refractivity contribution in [3.63, 3.8) is 0 Å². The summed E-state index contributed by atoms with van der Waals surface area (Å²) < 4.78 is 2.34. The van der Waals surface area contributed by atoms with E-state index in [0.29, 0.717) is 0 Å². The Bertz CT molecular complexity index is 2830. The first-order valence-electron chi connectivity index (χ1n) is 15.7. The van der Waals surface area contributed by atoms with E-state index in [0.717, 1.165) is 16.7 Å². The zero-order valence-corrected chi connectivity index (χ0v) is 25.8. The van der Waals surface area contributed by atoms with Crippen LogP contribution in [0.2, 0.25) is 0 Å². The lowest BCUT2D eigenvalue weighted by atomic mass is 10.0. The van der Waals surface area contributed by atoms with Gasteiger partial charge in [0.15, 0.2) is 0 Å². The number of pyridine rings is 1. The lowest BCUT2D eigenvalue weighted by Crippen LogP contribution is -2.21. The molecule has 2 nitrogen and oxygen atoms in total. The van der Waals surface area contributed by atoms with Crippen molar-refractivity contribution in [1.82, 2.24) is 9.38 Å². The molecule has 10 aromatic rings. The molecule has 1 unspecified atom stereocenters. The molecule has 0 bridgehead atoms. The van der Waals surface area contributed by atoms with Crippen LogP contribution in [0.15, 0.2) is 164 Å². The number of rotatable bonds is 3. The summed E-state index contributed by atoms with van der Waals surface area (Å²) in [6.07, 6.45) is 0. The second-order valence-electron chi connectivity index (χ2n) is 12.1. The van der Waals surface area contributed by atoms with Crippen LogP contribution in [0.4, 0.5) is 0 Å². The standard InChI is InChI=1S/C43H27N2P/c1-2-11-31-25-32(21-19-28(31)9-1)46(33-22-20-30-18-17-29-10-3-4-12-35(29)38(30)26-33)34-23-24-36-37-13-5-7-15-41(37)45-42-16-8-6-14-40(42)44-43(45)39(36)27-34/h1-27H. The Morgan fingerprint density at radius 3 is 1.78 bits per heavy atom. The molecule has 0 saturated heterocycles. The molecular formula is C43H27N2P. The van der Waals surface area contributed by atoms with E-state index in [-0.39, 0.29) is 0 Å². The van der Waals surface area contributed by atoms with Gasteiger partial charge in [-0.05, 0) is 97.9 Å². The van der Waals surface area contributed by atoms with Gasteiger partial charge in [0.2, 0.25) is 0 Å². The van der Waals surface area contributed by atoms with E-state index in [1.54, 1.807) is 0 Å². The van der Waals surface area contributed by atoms with Gasteiger partial charge in [-0.3, -0.25) is 4.40 Å². The van der Waals surface area contributed by atoms with Crippen LogP contribution in [0.3, 0.4) is 0 Å². The Kier molecular flexibility index (Phi) is 5.58. The van der Waals surface area contributed by atoms with Crippen molar-refractivity contribution in [3.05, 3.63) is 164 Å². The Morgan fingerprint density at radius 1 is 0.370 bits per heavy atom. The van der Waals surface area contributed by atoms with E-state index in [1.165, 1.54) is 69.9 Å². The summed E-state index contributed by atoms with van der Waals surface area (Å²) in [5, 5.41) is 15.4. The largest absolute Gasteiger partial charge is 0.292 e. The molecule has 0 N–H and O–H groups in total. The monoisotopic (exact) mass is 602 g/mol. The van der Waals surface area contributed by atoms with Gasteiger partial charge in [0.05, 0.1) is 16.6 Å². The van der Waals surface area contributed by atoms with Gasteiger partial charge in [-0.2, -0.15) is 0 Å². The van der Waals surface area contributed by atoms with Crippen LogP contribution in [0.25, 0.3) is 70.7 Å². The Labute approximate surface area is 266 Å². The van der Waals surface area contributed by atoms with Crippen molar-refractivity contribution >= 4 is 94.5 Å². The molecule has 8 aromatic carbocycles. The maximum Gasteiger partial charge on any atom is 0.146 e. The van der Waals surface area contributed by atoms with Gasteiger partial charge in [-0.25, -0.2) is 4.98 Å². The molecule has 0 aliphatic carbocycles. The minimum Gasteiger partial charge on any atom is -0.292 e. The first kappa shape index (κ1) is 25.7. The van der Waals surface area contributed by atoms with Crippen LogP contribution < -0.4 is 15.9 Å². The number of fused-ring (bicyclic) bond motifs is 12. The zero-order chi connectivity index (χ0) is 30.2. The highest BCUT2D eigenvalue weighted by molar-refractivity contribution is 7.79. The molecule has 3 heteroatoms. The number of hydrogen-bond donors (Lipinski definition) is 0. The van der Waals surface area contributed by atoms with Crippen LogP contribution in [0.5, 0.6) is 0 Å². The number of nitrogens with zero attached hydrogens (tertiary/aromatic N) is 2. The number of imidazole rings is 1. The minimum atomic E-state index is -0.880. The predicted molar refractivity (Wildman–Crippen MR) is 199 cm³/mol. The van der Waals surface area contributed by atoms with Gasteiger partial charge in [0.25, 0.3) is 0 Å². The van der Waals surface area contributed by atoms with Crippen LogP contribution >= 0.6 is 7.92 Å². The maximum atomic E-state index is 5.23. The van der Waals surface area contributed by atoms with Crippen LogP contribution in [0, 0.1) is 0 Å². The van der Waals surface area contributed by atoms with E-state index in [2.05, 4.69) is 168 Å². The highest BCUT2D eigenvalue weighted by atomic mass is 31.1. The molecule has 0 radical (unpaired) electrons. The fraction of sp³-hybridized carbons (Fsp3) is 0. The number of benzene rings is 8. The van der Waals surface area contributed by atoms with Gasteiger partial charge in [-0.15, -0.1) is 0 Å². The molecule has 0 aliphatic rings. The predicted octanol–water partition coefficient (Wildman–Crippen LogP) is 10.0. The Morgan fingerprint density at radius 2 is 0.935 bits per heavy atom. The normalized spacial score (nSPS) is 12.7. The summed E-state index contributed by atoms with van der Waals surface area (Å²) in [5.41, 5.74) is 4.35. The number of para-hydroxylation sites is 3. The molecule has 1 atom stereocenters. The fourth-order valence-electron chi connectivity index (χ4n) is 7.33. The second kappa shape index (κ2) is 9.97. The second-order valence-corrected chi connectivity index (χ2v) is 14.3.